The van der Waals surface area contributed by atoms with Crippen LogP contribution in [-0.4, -0.2) is 46.3 Å². The fourth-order valence-corrected chi connectivity index (χ4v) is 5.06. The molecule has 1 N–H and O–H groups in total. The van der Waals surface area contributed by atoms with Gasteiger partial charge in [-0.15, -0.1) is 0 Å². The molecule has 1 aromatic rings. The number of hydrogen-bond acceptors (Lipinski definition) is 4. The largest absolute Gasteiger partial charge is 0.356 e. The van der Waals surface area contributed by atoms with Gasteiger partial charge in [-0.05, 0) is 58.3 Å². The second kappa shape index (κ2) is 11.1. The zero-order chi connectivity index (χ0) is 22.4. The molecule has 0 aliphatic heterocycles. The molecule has 2 aliphatic rings. The lowest BCUT2D eigenvalue weighted by Gasteiger charge is -2.30. The summed E-state index contributed by atoms with van der Waals surface area (Å²) in [6.07, 6.45) is 10.4. The van der Waals surface area contributed by atoms with Crippen LogP contribution in [0.15, 0.2) is 6.20 Å². The lowest BCUT2D eigenvalue weighted by molar-refractivity contribution is -0.125. The third-order valence-corrected chi connectivity index (χ3v) is 7.16. The minimum atomic E-state index is 0.0428. The predicted octanol–water partition coefficient (Wildman–Crippen LogP) is 4.66. The van der Waals surface area contributed by atoms with E-state index in [1.807, 2.05) is 18.7 Å². The molecule has 6 nitrogen and oxygen atoms in total. The van der Waals surface area contributed by atoms with E-state index >= 15 is 0 Å². The highest BCUT2D eigenvalue weighted by Crippen LogP contribution is 2.37. The zero-order valence-corrected chi connectivity index (χ0v) is 19.8. The fraction of sp³-hybridized carbons (Fsp3) is 0.760. The Kier molecular flexibility index (Phi) is 8.44. The highest BCUT2D eigenvalue weighted by molar-refractivity contribution is 5.95. The number of aromatic nitrogens is 2. The molecule has 1 heterocycles. The molecule has 172 valence electrons. The minimum Gasteiger partial charge on any atom is -0.356 e. The van der Waals surface area contributed by atoms with Crippen molar-refractivity contribution in [3.63, 3.8) is 0 Å². The molecule has 1 aromatic heterocycles. The number of carbonyl (C=O) groups excluding carboxylic acids is 2. The van der Waals surface area contributed by atoms with Gasteiger partial charge in [0.25, 0.3) is 5.91 Å². The summed E-state index contributed by atoms with van der Waals surface area (Å²) in [7, 11) is 0. The van der Waals surface area contributed by atoms with E-state index in [4.69, 9.17) is 4.98 Å². The molecule has 0 spiro atoms. The van der Waals surface area contributed by atoms with Gasteiger partial charge in [0, 0.05) is 43.6 Å². The lowest BCUT2D eigenvalue weighted by atomic mass is 9.79. The highest BCUT2D eigenvalue weighted by atomic mass is 16.2. The normalized spacial score (nSPS) is 22.0. The average molecular weight is 429 g/mol. The summed E-state index contributed by atoms with van der Waals surface area (Å²) < 4.78 is 0. The van der Waals surface area contributed by atoms with Gasteiger partial charge in [-0.2, -0.15) is 0 Å². The van der Waals surface area contributed by atoms with Crippen molar-refractivity contribution in [1.82, 2.24) is 20.2 Å². The summed E-state index contributed by atoms with van der Waals surface area (Å²) in [6.45, 7) is 10.4. The highest BCUT2D eigenvalue weighted by Gasteiger charge is 2.30. The van der Waals surface area contributed by atoms with Gasteiger partial charge < -0.3 is 10.2 Å². The van der Waals surface area contributed by atoms with Gasteiger partial charge in [-0.1, -0.05) is 26.7 Å². The number of amides is 2. The first-order valence-electron chi connectivity index (χ1n) is 12.4. The average Bonchev–Trinajstić information content (AvgIpc) is 3.33. The quantitative estimate of drug-likeness (QED) is 0.653. The Morgan fingerprint density at radius 3 is 2.29 bits per heavy atom. The number of hydrogen-bond donors (Lipinski definition) is 1. The standard InChI is InChI=1S/C25H40N4O2/c1-5-29(6-2)25(31)21-16-26-23(17(3)4)28-22(21)19-13-11-18(12-14-19)15-27-24(30)20-9-7-8-10-20/h16-20H,5-15H2,1-4H3,(H,27,30). The van der Waals surface area contributed by atoms with E-state index < -0.39 is 0 Å². The van der Waals surface area contributed by atoms with Gasteiger partial charge in [-0.3, -0.25) is 9.59 Å². The van der Waals surface area contributed by atoms with Crippen LogP contribution < -0.4 is 5.32 Å². The van der Waals surface area contributed by atoms with Crippen LogP contribution in [0.1, 0.15) is 113 Å². The topological polar surface area (TPSA) is 75.2 Å². The van der Waals surface area contributed by atoms with Crippen molar-refractivity contribution in [2.45, 2.75) is 90.9 Å². The van der Waals surface area contributed by atoms with Crippen LogP contribution in [0.2, 0.25) is 0 Å². The Bertz CT molecular complexity index is 746. The number of rotatable bonds is 8. The summed E-state index contributed by atoms with van der Waals surface area (Å²) in [5.74, 6) is 2.40. The van der Waals surface area contributed by atoms with Gasteiger partial charge in [0.1, 0.15) is 5.82 Å². The van der Waals surface area contributed by atoms with Crippen molar-refractivity contribution in [2.24, 2.45) is 11.8 Å². The van der Waals surface area contributed by atoms with Crippen LogP contribution in [0.25, 0.3) is 0 Å². The molecule has 0 saturated heterocycles. The lowest BCUT2D eigenvalue weighted by Crippen LogP contribution is -2.35. The number of nitrogens with one attached hydrogen (secondary N) is 1. The monoisotopic (exact) mass is 428 g/mol. The van der Waals surface area contributed by atoms with E-state index in [0.717, 1.165) is 56.6 Å². The molecule has 0 unspecified atom stereocenters. The van der Waals surface area contributed by atoms with Crippen LogP contribution in [0, 0.1) is 11.8 Å². The van der Waals surface area contributed by atoms with Gasteiger partial charge in [0.05, 0.1) is 11.3 Å². The van der Waals surface area contributed by atoms with Gasteiger partial charge in [-0.25, -0.2) is 9.97 Å². The van der Waals surface area contributed by atoms with E-state index in [2.05, 4.69) is 24.1 Å². The van der Waals surface area contributed by atoms with Gasteiger partial charge in [0.2, 0.25) is 5.91 Å². The van der Waals surface area contributed by atoms with Crippen molar-refractivity contribution >= 4 is 11.8 Å². The molecule has 0 radical (unpaired) electrons. The smallest absolute Gasteiger partial charge is 0.257 e. The summed E-state index contributed by atoms with van der Waals surface area (Å²) in [4.78, 5) is 36.7. The minimum absolute atomic E-state index is 0.0428. The molecule has 31 heavy (non-hydrogen) atoms. The first kappa shape index (κ1) is 23.7. The Hall–Kier alpha value is -1.98. The SMILES string of the molecule is CCN(CC)C(=O)c1cnc(C(C)C)nc1C1CCC(CNC(=O)C2CCCC2)CC1. The van der Waals surface area contributed by atoms with Crippen LogP contribution in [0.4, 0.5) is 0 Å². The van der Waals surface area contributed by atoms with E-state index in [1.165, 1.54) is 12.8 Å². The molecular formula is C25H40N4O2. The summed E-state index contributed by atoms with van der Waals surface area (Å²) in [5, 5.41) is 3.21. The maximum atomic E-state index is 13.1. The molecule has 2 fully saturated rings. The van der Waals surface area contributed by atoms with Crippen LogP contribution in [0.3, 0.4) is 0 Å². The first-order valence-corrected chi connectivity index (χ1v) is 12.4. The summed E-state index contributed by atoms with van der Waals surface area (Å²) in [5.41, 5.74) is 1.61. The van der Waals surface area contributed by atoms with E-state index in [1.54, 1.807) is 6.20 Å². The van der Waals surface area contributed by atoms with Crippen molar-refractivity contribution < 1.29 is 9.59 Å². The summed E-state index contributed by atoms with van der Waals surface area (Å²) in [6, 6.07) is 0. The molecule has 2 amide bonds. The fourth-order valence-electron chi connectivity index (χ4n) is 5.06. The maximum absolute atomic E-state index is 13.1. The second-order valence-corrected chi connectivity index (χ2v) is 9.60. The van der Waals surface area contributed by atoms with E-state index in [0.29, 0.717) is 24.6 Å². The molecule has 3 rings (SSSR count). The van der Waals surface area contributed by atoms with Crippen LogP contribution in [0.5, 0.6) is 0 Å². The van der Waals surface area contributed by atoms with Crippen molar-refractivity contribution in [2.75, 3.05) is 19.6 Å². The van der Waals surface area contributed by atoms with Gasteiger partial charge in [0.15, 0.2) is 0 Å². The second-order valence-electron chi connectivity index (χ2n) is 9.60. The Labute approximate surface area is 187 Å². The van der Waals surface area contributed by atoms with Gasteiger partial charge >= 0.3 is 0 Å². The molecular weight excluding hydrogens is 388 g/mol. The maximum Gasteiger partial charge on any atom is 0.257 e. The molecule has 6 heteroatoms. The molecule has 2 saturated carbocycles. The number of carbonyl (C=O) groups is 2. The molecule has 0 aromatic carbocycles. The third kappa shape index (κ3) is 5.83. The Balaban J connectivity index is 1.65. The van der Waals surface area contributed by atoms with Crippen LogP contribution >= 0.6 is 0 Å². The zero-order valence-electron chi connectivity index (χ0n) is 19.8. The van der Waals surface area contributed by atoms with E-state index in [9.17, 15) is 9.59 Å². The number of nitrogens with zero attached hydrogens (tertiary/aromatic N) is 3. The molecule has 0 bridgehead atoms. The first-order chi connectivity index (χ1) is 14.9. The van der Waals surface area contributed by atoms with Crippen molar-refractivity contribution in [1.29, 1.82) is 0 Å². The summed E-state index contributed by atoms with van der Waals surface area (Å²) >= 11 is 0. The third-order valence-electron chi connectivity index (χ3n) is 7.16. The van der Waals surface area contributed by atoms with Crippen molar-refractivity contribution in [3.8, 4) is 0 Å². The van der Waals surface area contributed by atoms with E-state index in [-0.39, 0.29) is 29.6 Å². The molecule has 0 atom stereocenters. The Morgan fingerprint density at radius 2 is 1.71 bits per heavy atom. The Morgan fingerprint density at radius 1 is 1.06 bits per heavy atom. The molecule has 2 aliphatic carbocycles. The predicted molar refractivity (Wildman–Crippen MR) is 123 cm³/mol. The van der Waals surface area contributed by atoms with Crippen molar-refractivity contribution in [3.05, 3.63) is 23.3 Å². The van der Waals surface area contributed by atoms with Crippen LogP contribution in [-0.2, 0) is 4.79 Å².